The summed E-state index contributed by atoms with van der Waals surface area (Å²) in [5.41, 5.74) is 5.73. The maximum Gasteiger partial charge on any atom is 0.326 e. The Morgan fingerprint density at radius 2 is 2.05 bits per heavy atom. The summed E-state index contributed by atoms with van der Waals surface area (Å²) in [5.74, 6) is 0.0591. The Balaban J connectivity index is 2.66. The molecule has 5 heteroatoms. The summed E-state index contributed by atoms with van der Waals surface area (Å²) in [6.45, 7) is 7.28. The minimum absolute atomic E-state index is 0.0552. The summed E-state index contributed by atoms with van der Waals surface area (Å²) in [6, 6.07) is -0.663. The molecule has 1 amide bonds. The monoisotopic (exact) mass is 284 g/mol. The standard InChI is InChI=1S/C15H28N2O3/c1-10(2)6-12(9-16)8-14(18)17-5-4-11(3)7-13(17)15(19)20/h10-13H,4-9,16H2,1-3H3,(H,19,20). The van der Waals surface area contributed by atoms with Crippen molar-refractivity contribution in [3.63, 3.8) is 0 Å². The van der Waals surface area contributed by atoms with Crippen molar-refractivity contribution in [2.24, 2.45) is 23.5 Å². The first-order valence-electron chi connectivity index (χ1n) is 7.57. The number of hydrogen-bond acceptors (Lipinski definition) is 3. The lowest BCUT2D eigenvalue weighted by Crippen LogP contribution is -2.50. The predicted octanol–water partition coefficient (Wildman–Crippen LogP) is 1.71. The van der Waals surface area contributed by atoms with Crippen LogP contribution in [0.25, 0.3) is 0 Å². The molecule has 3 N–H and O–H groups in total. The first kappa shape index (κ1) is 17.0. The van der Waals surface area contributed by atoms with Crippen molar-refractivity contribution in [2.75, 3.05) is 13.1 Å². The molecular weight excluding hydrogens is 256 g/mol. The Morgan fingerprint density at radius 1 is 1.40 bits per heavy atom. The van der Waals surface area contributed by atoms with E-state index >= 15 is 0 Å². The molecule has 0 aromatic rings. The van der Waals surface area contributed by atoms with E-state index in [0.717, 1.165) is 12.8 Å². The average Bonchev–Trinajstić information content (AvgIpc) is 2.36. The van der Waals surface area contributed by atoms with E-state index in [1.807, 2.05) is 6.92 Å². The van der Waals surface area contributed by atoms with E-state index in [9.17, 15) is 14.7 Å². The summed E-state index contributed by atoms with van der Waals surface area (Å²) >= 11 is 0. The summed E-state index contributed by atoms with van der Waals surface area (Å²) < 4.78 is 0. The van der Waals surface area contributed by atoms with Gasteiger partial charge in [0.2, 0.25) is 5.91 Å². The Kier molecular flexibility index (Phi) is 6.46. The van der Waals surface area contributed by atoms with E-state index in [0.29, 0.717) is 37.8 Å². The van der Waals surface area contributed by atoms with E-state index in [1.54, 1.807) is 4.90 Å². The molecule has 0 aliphatic carbocycles. The van der Waals surface area contributed by atoms with Gasteiger partial charge >= 0.3 is 5.97 Å². The number of likely N-dealkylation sites (tertiary alicyclic amines) is 1. The Hall–Kier alpha value is -1.10. The van der Waals surface area contributed by atoms with Crippen LogP contribution in [0.4, 0.5) is 0 Å². The lowest BCUT2D eigenvalue weighted by molar-refractivity contribution is -0.153. The third-order valence-corrected chi connectivity index (χ3v) is 4.07. The number of rotatable bonds is 6. The molecule has 0 saturated carbocycles. The molecule has 3 unspecified atom stereocenters. The molecule has 1 rings (SSSR count). The number of amides is 1. The molecule has 1 heterocycles. The smallest absolute Gasteiger partial charge is 0.326 e. The van der Waals surface area contributed by atoms with Crippen molar-refractivity contribution in [3.05, 3.63) is 0 Å². The number of nitrogens with zero attached hydrogens (tertiary/aromatic N) is 1. The molecule has 0 spiro atoms. The Labute approximate surface area is 121 Å². The van der Waals surface area contributed by atoms with Crippen LogP contribution in [0.2, 0.25) is 0 Å². The van der Waals surface area contributed by atoms with Gasteiger partial charge < -0.3 is 15.7 Å². The van der Waals surface area contributed by atoms with E-state index in [1.165, 1.54) is 0 Å². The van der Waals surface area contributed by atoms with Crippen molar-refractivity contribution in [3.8, 4) is 0 Å². The topological polar surface area (TPSA) is 83.6 Å². The minimum Gasteiger partial charge on any atom is -0.480 e. The molecule has 20 heavy (non-hydrogen) atoms. The van der Waals surface area contributed by atoms with E-state index in [4.69, 9.17) is 5.73 Å². The lowest BCUT2D eigenvalue weighted by atomic mass is 9.90. The SMILES string of the molecule is CC(C)CC(CN)CC(=O)N1CCC(C)CC1C(=O)O. The predicted molar refractivity (Wildman–Crippen MR) is 78.2 cm³/mol. The van der Waals surface area contributed by atoms with Crippen LogP contribution in [0.15, 0.2) is 0 Å². The number of carbonyl (C=O) groups excluding carboxylic acids is 1. The maximum atomic E-state index is 12.4. The van der Waals surface area contributed by atoms with Gasteiger partial charge in [-0.3, -0.25) is 4.79 Å². The first-order chi connectivity index (χ1) is 9.35. The number of hydrogen-bond donors (Lipinski definition) is 2. The largest absolute Gasteiger partial charge is 0.480 e. The van der Waals surface area contributed by atoms with Crippen LogP contribution in [-0.4, -0.2) is 41.0 Å². The summed E-state index contributed by atoms with van der Waals surface area (Å²) in [6.07, 6.45) is 2.71. The van der Waals surface area contributed by atoms with Gasteiger partial charge in [-0.15, -0.1) is 0 Å². The number of carboxylic acid groups (broad SMARTS) is 1. The van der Waals surface area contributed by atoms with Crippen LogP contribution >= 0.6 is 0 Å². The third-order valence-electron chi connectivity index (χ3n) is 4.07. The summed E-state index contributed by atoms with van der Waals surface area (Å²) in [5, 5.41) is 9.29. The zero-order chi connectivity index (χ0) is 15.3. The fourth-order valence-corrected chi connectivity index (χ4v) is 2.97. The number of nitrogens with two attached hydrogens (primary N) is 1. The molecule has 116 valence electrons. The lowest BCUT2D eigenvalue weighted by Gasteiger charge is -2.36. The van der Waals surface area contributed by atoms with Crippen molar-refractivity contribution in [1.29, 1.82) is 0 Å². The van der Waals surface area contributed by atoms with Gasteiger partial charge in [0.15, 0.2) is 0 Å². The van der Waals surface area contributed by atoms with Gasteiger partial charge in [-0.2, -0.15) is 0 Å². The number of carboxylic acids is 1. The van der Waals surface area contributed by atoms with Gasteiger partial charge in [0.25, 0.3) is 0 Å². The minimum atomic E-state index is -0.891. The normalized spacial score (nSPS) is 24.8. The van der Waals surface area contributed by atoms with Crippen LogP contribution in [0.3, 0.4) is 0 Å². The number of carbonyl (C=O) groups is 2. The van der Waals surface area contributed by atoms with Crippen molar-refractivity contribution in [1.82, 2.24) is 4.90 Å². The average molecular weight is 284 g/mol. The molecule has 1 aliphatic rings. The van der Waals surface area contributed by atoms with Gasteiger partial charge in [-0.05, 0) is 43.6 Å². The van der Waals surface area contributed by atoms with Crippen LogP contribution in [0.5, 0.6) is 0 Å². The highest BCUT2D eigenvalue weighted by atomic mass is 16.4. The molecule has 3 atom stereocenters. The Bertz CT molecular complexity index is 344. The Morgan fingerprint density at radius 3 is 2.55 bits per heavy atom. The summed E-state index contributed by atoms with van der Waals surface area (Å²) in [7, 11) is 0. The van der Waals surface area contributed by atoms with Crippen LogP contribution in [0.1, 0.15) is 46.5 Å². The molecule has 0 aromatic heterocycles. The molecule has 0 aromatic carbocycles. The highest BCUT2D eigenvalue weighted by molar-refractivity contribution is 5.84. The third kappa shape index (κ3) is 4.78. The zero-order valence-corrected chi connectivity index (χ0v) is 12.8. The molecular formula is C15H28N2O3. The molecule has 0 radical (unpaired) electrons. The van der Waals surface area contributed by atoms with Crippen LogP contribution in [-0.2, 0) is 9.59 Å². The van der Waals surface area contributed by atoms with Gasteiger partial charge in [0, 0.05) is 13.0 Å². The van der Waals surface area contributed by atoms with Crippen LogP contribution in [0, 0.1) is 17.8 Å². The van der Waals surface area contributed by atoms with Crippen molar-refractivity contribution >= 4 is 11.9 Å². The first-order valence-corrected chi connectivity index (χ1v) is 7.57. The van der Waals surface area contributed by atoms with Gasteiger partial charge in [-0.25, -0.2) is 4.79 Å². The summed E-state index contributed by atoms with van der Waals surface area (Å²) in [4.78, 5) is 25.3. The van der Waals surface area contributed by atoms with Gasteiger partial charge in [0.1, 0.15) is 6.04 Å². The van der Waals surface area contributed by atoms with Crippen molar-refractivity contribution in [2.45, 2.75) is 52.5 Å². The quantitative estimate of drug-likeness (QED) is 0.777. The zero-order valence-electron chi connectivity index (χ0n) is 12.8. The molecule has 1 saturated heterocycles. The molecule has 5 nitrogen and oxygen atoms in total. The van der Waals surface area contributed by atoms with E-state index in [-0.39, 0.29) is 11.8 Å². The number of aliphatic carboxylic acids is 1. The van der Waals surface area contributed by atoms with Gasteiger partial charge in [-0.1, -0.05) is 20.8 Å². The second-order valence-corrected chi connectivity index (χ2v) is 6.51. The molecule has 1 fully saturated rings. The van der Waals surface area contributed by atoms with Crippen molar-refractivity contribution < 1.29 is 14.7 Å². The van der Waals surface area contributed by atoms with Gasteiger partial charge in [0.05, 0.1) is 0 Å². The highest BCUT2D eigenvalue weighted by Crippen LogP contribution is 2.25. The molecule has 0 bridgehead atoms. The second-order valence-electron chi connectivity index (χ2n) is 6.51. The van der Waals surface area contributed by atoms with E-state index in [2.05, 4.69) is 13.8 Å². The molecule has 1 aliphatic heterocycles. The fraction of sp³-hybridized carbons (Fsp3) is 0.867. The fourth-order valence-electron chi connectivity index (χ4n) is 2.97. The highest BCUT2D eigenvalue weighted by Gasteiger charge is 2.35. The van der Waals surface area contributed by atoms with E-state index < -0.39 is 12.0 Å². The second kappa shape index (κ2) is 7.62. The van der Waals surface area contributed by atoms with Crippen LogP contribution < -0.4 is 5.73 Å². The maximum absolute atomic E-state index is 12.4. The number of piperidine rings is 1.